The molecule has 2 atom stereocenters. The molecular weight excluding hydrogens is 380 g/mol. The van der Waals surface area contributed by atoms with Gasteiger partial charge < -0.3 is 25.2 Å². The molecule has 5 nitrogen and oxygen atoms in total. The molecule has 11 heteroatoms. The molecule has 27 heavy (non-hydrogen) atoms. The van der Waals surface area contributed by atoms with Crippen molar-refractivity contribution in [2.24, 2.45) is 0 Å². The summed E-state index contributed by atoms with van der Waals surface area (Å²) in [5.74, 6) is 0. The molecule has 5 N–H and O–H groups in total. The highest BCUT2D eigenvalue weighted by Gasteiger charge is 2.61. The third kappa shape index (κ3) is 2.73. The van der Waals surface area contributed by atoms with Gasteiger partial charge in [-0.2, -0.15) is 26.3 Å². The third-order valence-electron chi connectivity index (χ3n) is 4.26. The monoisotopic (exact) mass is 393 g/mol. The van der Waals surface area contributed by atoms with Crippen LogP contribution in [0, 0.1) is 0 Å². The number of halogens is 6. The number of aromatic amines is 3. The molecule has 0 aromatic carbocycles. The SMILES string of the molecule is O[C@](c1ccc[nH]1)(c1ccc([C@](O)(c2ccc[nH]2)C(F)(F)F)[nH]1)C(F)(F)F. The number of alkyl halides is 6. The van der Waals surface area contributed by atoms with E-state index in [-0.39, 0.29) is 0 Å². The number of H-pyrrole nitrogens is 3. The number of nitrogens with one attached hydrogen (secondary N) is 3. The van der Waals surface area contributed by atoms with E-state index in [4.69, 9.17) is 0 Å². The summed E-state index contributed by atoms with van der Waals surface area (Å²) in [6.45, 7) is 0. The summed E-state index contributed by atoms with van der Waals surface area (Å²) >= 11 is 0. The van der Waals surface area contributed by atoms with Crippen molar-refractivity contribution in [3.05, 3.63) is 71.6 Å². The zero-order valence-corrected chi connectivity index (χ0v) is 13.3. The lowest BCUT2D eigenvalue weighted by Gasteiger charge is -2.31. The van der Waals surface area contributed by atoms with Crippen LogP contribution in [0.3, 0.4) is 0 Å². The molecule has 3 aromatic rings. The van der Waals surface area contributed by atoms with Gasteiger partial charge in [0.25, 0.3) is 0 Å². The quantitative estimate of drug-likeness (QED) is 0.441. The Bertz CT molecular complexity index is 825. The zero-order valence-electron chi connectivity index (χ0n) is 13.3. The molecule has 3 heterocycles. The van der Waals surface area contributed by atoms with Crippen molar-refractivity contribution in [1.29, 1.82) is 0 Å². The minimum atomic E-state index is -5.26. The number of aromatic nitrogens is 3. The fraction of sp³-hybridized carbons (Fsp3) is 0.250. The topological polar surface area (TPSA) is 87.8 Å². The van der Waals surface area contributed by atoms with Gasteiger partial charge in [-0.1, -0.05) is 0 Å². The standard InChI is InChI=1S/C16H13F6N3O2/c17-15(18,19)13(26,9-3-1-7-23-9)11-5-6-12(25-11)14(27,16(20,21)22)10-4-2-8-24-10/h1-8,23-27H/t13-,14-/m1/s1. The highest BCUT2D eigenvalue weighted by Crippen LogP contribution is 2.47. The van der Waals surface area contributed by atoms with Gasteiger partial charge in [0.05, 0.1) is 22.8 Å². The molecule has 3 aromatic heterocycles. The molecule has 0 aliphatic heterocycles. The molecule has 0 unspecified atom stereocenters. The molecule has 146 valence electrons. The molecular formula is C16H13F6N3O2. The van der Waals surface area contributed by atoms with Gasteiger partial charge in [-0.05, 0) is 36.4 Å². The lowest BCUT2D eigenvalue weighted by molar-refractivity contribution is -0.253. The van der Waals surface area contributed by atoms with Crippen LogP contribution >= 0.6 is 0 Å². The number of rotatable bonds is 4. The van der Waals surface area contributed by atoms with Crippen molar-refractivity contribution < 1.29 is 36.6 Å². The van der Waals surface area contributed by atoms with E-state index >= 15 is 0 Å². The Morgan fingerprint density at radius 1 is 0.593 bits per heavy atom. The fourth-order valence-electron chi connectivity index (χ4n) is 2.83. The molecule has 0 radical (unpaired) electrons. The van der Waals surface area contributed by atoms with Gasteiger partial charge in [-0.3, -0.25) is 0 Å². The van der Waals surface area contributed by atoms with Crippen LogP contribution in [0.25, 0.3) is 0 Å². The van der Waals surface area contributed by atoms with Crippen molar-refractivity contribution in [2.45, 2.75) is 23.6 Å². The minimum absolute atomic E-state index is 0.642. The van der Waals surface area contributed by atoms with Gasteiger partial charge in [0.15, 0.2) is 0 Å². The number of aliphatic hydroxyl groups is 2. The van der Waals surface area contributed by atoms with Crippen molar-refractivity contribution in [3.8, 4) is 0 Å². The average molecular weight is 393 g/mol. The minimum Gasteiger partial charge on any atom is -0.370 e. The van der Waals surface area contributed by atoms with Crippen LogP contribution in [0.5, 0.6) is 0 Å². The second kappa shape index (κ2) is 5.92. The van der Waals surface area contributed by atoms with Crippen molar-refractivity contribution in [3.63, 3.8) is 0 Å². The summed E-state index contributed by atoms with van der Waals surface area (Å²) in [6, 6.07) is 5.55. The molecule has 0 fully saturated rings. The molecule has 0 bridgehead atoms. The van der Waals surface area contributed by atoms with Gasteiger partial charge in [0, 0.05) is 12.4 Å². The Morgan fingerprint density at radius 2 is 0.963 bits per heavy atom. The van der Waals surface area contributed by atoms with Crippen LogP contribution in [-0.2, 0) is 11.2 Å². The van der Waals surface area contributed by atoms with Crippen molar-refractivity contribution in [2.75, 3.05) is 0 Å². The van der Waals surface area contributed by atoms with Gasteiger partial charge in [0.1, 0.15) is 0 Å². The molecule has 3 rings (SSSR count). The molecule has 0 aliphatic carbocycles. The Morgan fingerprint density at radius 3 is 1.22 bits per heavy atom. The molecule has 0 aliphatic rings. The second-order valence-corrected chi connectivity index (χ2v) is 5.87. The first kappa shape index (κ1) is 19.1. The summed E-state index contributed by atoms with van der Waals surface area (Å²) in [4.78, 5) is 6.32. The van der Waals surface area contributed by atoms with E-state index in [0.717, 1.165) is 24.5 Å². The molecule has 0 saturated carbocycles. The van der Waals surface area contributed by atoms with Crippen LogP contribution in [0.15, 0.2) is 48.8 Å². The second-order valence-electron chi connectivity index (χ2n) is 5.87. The van der Waals surface area contributed by atoms with Gasteiger partial charge >= 0.3 is 12.4 Å². The summed E-state index contributed by atoms with van der Waals surface area (Å²) in [5, 5.41) is 20.7. The number of hydrogen-bond donors (Lipinski definition) is 5. The first-order valence-electron chi connectivity index (χ1n) is 7.48. The normalized spacial score (nSPS) is 17.5. The van der Waals surface area contributed by atoms with E-state index in [1.807, 2.05) is 4.98 Å². The maximum Gasteiger partial charge on any atom is 0.428 e. The first-order valence-corrected chi connectivity index (χ1v) is 7.48. The maximum atomic E-state index is 13.6. The predicted molar refractivity (Wildman–Crippen MR) is 80.5 cm³/mol. The van der Waals surface area contributed by atoms with Crippen LogP contribution in [0.4, 0.5) is 26.3 Å². The Balaban J connectivity index is 2.18. The third-order valence-corrected chi connectivity index (χ3v) is 4.26. The van der Waals surface area contributed by atoms with Crippen LogP contribution < -0.4 is 0 Å². The van der Waals surface area contributed by atoms with E-state index in [9.17, 15) is 36.6 Å². The smallest absolute Gasteiger partial charge is 0.370 e. The van der Waals surface area contributed by atoms with E-state index in [1.54, 1.807) is 0 Å². The summed E-state index contributed by atoms with van der Waals surface area (Å²) < 4.78 is 81.5. The van der Waals surface area contributed by atoms with Crippen LogP contribution in [0.1, 0.15) is 22.8 Å². The van der Waals surface area contributed by atoms with Crippen LogP contribution in [0.2, 0.25) is 0 Å². The zero-order chi connectivity index (χ0) is 20.1. The van der Waals surface area contributed by atoms with E-state index in [1.165, 1.54) is 12.1 Å². The van der Waals surface area contributed by atoms with Gasteiger partial charge in [-0.15, -0.1) is 0 Å². The average Bonchev–Trinajstić information content (AvgIpc) is 3.33. The Kier molecular flexibility index (Phi) is 4.19. The summed E-state index contributed by atoms with van der Waals surface area (Å²) in [6.07, 6.45) is -8.27. The van der Waals surface area contributed by atoms with Crippen molar-refractivity contribution >= 4 is 0 Å². The Hall–Kier alpha value is -2.66. The first-order chi connectivity index (χ1) is 12.4. The molecule has 0 spiro atoms. The van der Waals surface area contributed by atoms with E-state index in [2.05, 4.69) is 9.97 Å². The number of hydrogen-bond acceptors (Lipinski definition) is 2. The summed E-state index contributed by atoms with van der Waals surface area (Å²) in [7, 11) is 0. The highest BCUT2D eigenvalue weighted by molar-refractivity contribution is 5.37. The largest absolute Gasteiger partial charge is 0.428 e. The fourth-order valence-corrected chi connectivity index (χ4v) is 2.83. The summed E-state index contributed by atoms with van der Waals surface area (Å²) in [5.41, 5.74) is -10.6. The molecule has 0 saturated heterocycles. The molecule has 0 amide bonds. The van der Waals surface area contributed by atoms with Gasteiger partial charge in [-0.25, -0.2) is 0 Å². The lowest BCUT2D eigenvalue weighted by Crippen LogP contribution is -2.46. The van der Waals surface area contributed by atoms with E-state index in [0.29, 0.717) is 12.1 Å². The van der Waals surface area contributed by atoms with Gasteiger partial charge in [0.2, 0.25) is 11.2 Å². The maximum absolute atomic E-state index is 13.6. The lowest BCUT2D eigenvalue weighted by atomic mass is 9.95. The van der Waals surface area contributed by atoms with Crippen LogP contribution in [-0.4, -0.2) is 37.5 Å². The predicted octanol–water partition coefficient (Wildman–Crippen LogP) is 3.27. The Labute approximate surface area is 147 Å². The van der Waals surface area contributed by atoms with E-state index < -0.39 is 46.3 Å². The van der Waals surface area contributed by atoms with Crippen molar-refractivity contribution in [1.82, 2.24) is 15.0 Å². The highest BCUT2D eigenvalue weighted by atomic mass is 19.4.